The van der Waals surface area contributed by atoms with Crippen molar-refractivity contribution in [2.75, 3.05) is 19.6 Å². The molecule has 0 spiro atoms. The number of piperidine rings is 1. The molecule has 1 saturated heterocycles. The Hall–Kier alpha value is -3.91. The van der Waals surface area contributed by atoms with E-state index in [9.17, 15) is 0 Å². The monoisotopic (exact) mass is 478 g/mol. The van der Waals surface area contributed by atoms with Gasteiger partial charge in [0.05, 0.1) is 18.4 Å². The number of rotatable bonds is 6. The second-order valence-corrected chi connectivity index (χ2v) is 9.69. The predicted molar refractivity (Wildman–Crippen MR) is 140 cm³/mol. The molecule has 1 aliphatic heterocycles. The van der Waals surface area contributed by atoms with Gasteiger partial charge in [-0.1, -0.05) is 53.9 Å². The van der Waals surface area contributed by atoms with Crippen molar-refractivity contribution >= 4 is 5.65 Å². The summed E-state index contributed by atoms with van der Waals surface area (Å²) in [5.41, 5.74) is 8.38. The first-order valence-corrected chi connectivity index (χ1v) is 12.7. The number of likely N-dealkylation sites (tertiary alicyclic amines) is 1. The highest BCUT2D eigenvalue weighted by atomic mass is 15.6. The normalized spacial score (nSPS) is 14.5. The molecular weight excluding hydrogens is 448 g/mol. The fourth-order valence-electron chi connectivity index (χ4n) is 5.13. The van der Waals surface area contributed by atoms with Crippen LogP contribution in [0.25, 0.3) is 39.4 Å². The lowest BCUT2D eigenvalue weighted by atomic mass is 10.0. The predicted octanol–water partition coefficient (Wildman–Crippen LogP) is 4.82. The number of benzene rings is 2. The van der Waals surface area contributed by atoms with Crippen LogP contribution in [0.1, 0.15) is 30.4 Å². The quantitative estimate of drug-likeness (QED) is 0.348. The van der Waals surface area contributed by atoms with Crippen molar-refractivity contribution in [3.8, 4) is 33.8 Å². The van der Waals surface area contributed by atoms with Gasteiger partial charge in [0.1, 0.15) is 0 Å². The molecule has 0 atom stereocenters. The average Bonchev–Trinajstić information content (AvgIpc) is 3.55. The number of fused-ring (bicyclic) bond motifs is 1. The molecule has 8 nitrogen and oxygen atoms in total. The molecule has 0 aliphatic carbocycles. The van der Waals surface area contributed by atoms with Crippen LogP contribution in [0.15, 0.2) is 60.9 Å². The Morgan fingerprint density at radius 3 is 2.47 bits per heavy atom. The lowest BCUT2D eigenvalue weighted by Gasteiger charge is -2.25. The molecule has 0 radical (unpaired) electrons. The molecule has 3 aromatic heterocycles. The first-order valence-electron chi connectivity index (χ1n) is 12.7. The Morgan fingerprint density at radius 1 is 0.833 bits per heavy atom. The van der Waals surface area contributed by atoms with Crippen molar-refractivity contribution in [2.45, 2.75) is 39.7 Å². The van der Waals surface area contributed by atoms with Gasteiger partial charge in [-0.2, -0.15) is 9.90 Å². The molecule has 36 heavy (non-hydrogen) atoms. The van der Waals surface area contributed by atoms with Crippen LogP contribution in [-0.4, -0.2) is 59.3 Å². The summed E-state index contributed by atoms with van der Waals surface area (Å²) in [5, 5.41) is 18.0. The third-order valence-electron chi connectivity index (χ3n) is 6.87. The summed E-state index contributed by atoms with van der Waals surface area (Å²) in [6.07, 6.45) is 7.66. The van der Waals surface area contributed by atoms with Crippen molar-refractivity contribution < 1.29 is 0 Å². The zero-order valence-electron chi connectivity index (χ0n) is 20.8. The highest BCUT2D eigenvalue weighted by molar-refractivity contribution is 5.80. The molecule has 182 valence electrons. The van der Waals surface area contributed by atoms with Gasteiger partial charge in [0.15, 0.2) is 5.65 Å². The van der Waals surface area contributed by atoms with Gasteiger partial charge < -0.3 is 4.90 Å². The summed E-state index contributed by atoms with van der Waals surface area (Å²) in [7, 11) is 0. The number of hydrogen-bond acceptors (Lipinski definition) is 6. The largest absolute Gasteiger partial charge is 0.301 e. The van der Waals surface area contributed by atoms with Gasteiger partial charge in [-0.05, 0) is 62.7 Å². The van der Waals surface area contributed by atoms with E-state index in [1.54, 1.807) is 4.80 Å². The van der Waals surface area contributed by atoms with Crippen LogP contribution in [-0.2, 0) is 6.54 Å². The average molecular weight is 479 g/mol. The van der Waals surface area contributed by atoms with E-state index in [1.165, 1.54) is 43.5 Å². The van der Waals surface area contributed by atoms with Gasteiger partial charge >= 0.3 is 0 Å². The van der Waals surface area contributed by atoms with Gasteiger partial charge in [-0.3, -0.25) is 0 Å². The van der Waals surface area contributed by atoms with Gasteiger partial charge in [0, 0.05) is 29.4 Å². The Bertz CT molecular complexity index is 1490. The van der Waals surface area contributed by atoms with E-state index >= 15 is 0 Å². The minimum atomic E-state index is 0.636. The molecule has 1 fully saturated rings. The fourth-order valence-corrected chi connectivity index (χ4v) is 5.13. The summed E-state index contributed by atoms with van der Waals surface area (Å²) < 4.78 is 1.91. The molecule has 0 saturated carbocycles. The summed E-state index contributed by atoms with van der Waals surface area (Å²) in [5.74, 6) is 0.636. The lowest BCUT2D eigenvalue weighted by Crippen LogP contribution is -2.33. The molecule has 6 rings (SSSR count). The van der Waals surface area contributed by atoms with Gasteiger partial charge in [0.2, 0.25) is 5.82 Å². The van der Waals surface area contributed by atoms with E-state index in [4.69, 9.17) is 5.10 Å². The maximum atomic E-state index is 4.71. The van der Waals surface area contributed by atoms with E-state index in [1.807, 2.05) is 35.1 Å². The SMILES string of the molecule is Cc1cc(C)cc(-c2cnn3c(-c4cccc(-c5nnn(CCN6CCCCC6)n5)c4)ccnc23)c1. The molecule has 2 aromatic carbocycles. The van der Waals surface area contributed by atoms with Crippen molar-refractivity contribution in [1.82, 2.24) is 39.7 Å². The molecule has 0 bridgehead atoms. The van der Waals surface area contributed by atoms with E-state index in [-0.39, 0.29) is 0 Å². The number of hydrogen-bond donors (Lipinski definition) is 0. The maximum absolute atomic E-state index is 4.71. The Labute approximate surface area is 210 Å². The number of aryl methyl sites for hydroxylation is 2. The van der Waals surface area contributed by atoms with Gasteiger partial charge in [-0.25, -0.2) is 9.50 Å². The molecule has 1 aliphatic rings. The van der Waals surface area contributed by atoms with E-state index in [0.29, 0.717) is 5.82 Å². The van der Waals surface area contributed by atoms with Crippen molar-refractivity contribution in [3.63, 3.8) is 0 Å². The number of tetrazole rings is 1. The minimum absolute atomic E-state index is 0.636. The molecule has 0 amide bonds. The molecule has 4 heterocycles. The lowest BCUT2D eigenvalue weighted by molar-refractivity contribution is 0.213. The summed E-state index contributed by atoms with van der Waals surface area (Å²) in [6, 6.07) is 16.8. The van der Waals surface area contributed by atoms with Crippen LogP contribution in [0.5, 0.6) is 0 Å². The van der Waals surface area contributed by atoms with Crippen molar-refractivity contribution in [2.24, 2.45) is 0 Å². The van der Waals surface area contributed by atoms with Gasteiger partial charge in [-0.15, -0.1) is 10.2 Å². The van der Waals surface area contributed by atoms with E-state index in [0.717, 1.165) is 46.7 Å². The summed E-state index contributed by atoms with van der Waals surface area (Å²) in [4.78, 5) is 8.86. The van der Waals surface area contributed by atoms with Crippen molar-refractivity contribution in [1.29, 1.82) is 0 Å². The number of aromatic nitrogens is 7. The van der Waals surface area contributed by atoms with E-state index in [2.05, 4.69) is 69.5 Å². The van der Waals surface area contributed by atoms with Crippen LogP contribution in [0.4, 0.5) is 0 Å². The summed E-state index contributed by atoms with van der Waals surface area (Å²) in [6.45, 7) is 8.29. The zero-order valence-corrected chi connectivity index (χ0v) is 20.8. The van der Waals surface area contributed by atoms with Gasteiger partial charge in [0.25, 0.3) is 0 Å². The Balaban J connectivity index is 1.28. The second kappa shape index (κ2) is 9.62. The molecule has 0 unspecified atom stereocenters. The zero-order chi connectivity index (χ0) is 24.5. The maximum Gasteiger partial charge on any atom is 0.204 e. The summed E-state index contributed by atoms with van der Waals surface area (Å²) >= 11 is 0. The minimum Gasteiger partial charge on any atom is -0.301 e. The highest BCUT2D eigenvalue weighted by Gasteiger charge is 2.15. The van der Waals surface area contributed by atoms with Crippen molar-refractivity contribution in [3.05, 3.63) is 72.1 Å². The Kier molecular flexibility index (Phi) is 6.03. The first kappa shape index (κ1) is 22.5. The first-order chi connectivity index (χ1) is 17.6. The number of nitrogens with zero attached hydrogens (tertiary/aromatic N) is 8. The van der Waals surface area contributed by atoms with Crippen LogP contribution < -0.4 is 0 Å². The van der Waals surface area contributed by atoms with Crippen LogP contribution in [0.2, 0.25) is 0 Å². The highest BCUT2D eigenvalue weighted by Crippen LogP contribution is 2.29. The molecular formula is C28H30N8. The molecule has 8 heteroatoms. The van der Waals surface area contributed by atoms with Crippen LogP contribution in [0, 0.1) is 13.8 Å². The topological polar surface area (TPSA) is 77.0 Å². The third kappa shape index (κ3) is 4.52. The fraction of sp³-hybridized carbons (Fsp3) is 0.321. The van der Waals surface area contributed by atoms with Crippen LogP contribution >= 0.6 is 0 Å². The standard InChI is InChI=1S/C28H30N8/c1-20-15-21(2)17-24(16-20)25-19-30-36-26(9-10-29-28(25)36)22-7-6-8-23(18-22)27-31-33-35(32-27)14-13-34-11-4-3-5-12-34/h6-10,15-19H,3-5,11-14H2,1-2H3. The Morgan fingerprint density at radius 2 is 1.64 bits per heavy atom. The van der Waals surface area contributed by atoms with Crippen LogP contribution in [0.3, 0.4) is 0 Å². The van der Waals surface area contributed by atoms with E-state index < -0.39 is 0 Å². The second-order valence-electron chi connectivity index (χ2n) is 9.69. The smallest absolute Gasteiger partial charge is 0.204 e. The third-order valence-corrected chi connectivity index (χ3v) is 6.87. The molecule has 0 N–H and O–H groups in total. The molecule has 5 aromatic rings.